The van der Waals surface area contributed by atoms with Crippen LogP contribution in [0.4, 0.5) is 0 Å². The minimum absolute atomic E-state index is 0.0566. The molecule has 0 saturated heterocycles. The number of nitrogens with zero attached hydrogens (tertiary/aromatic N) is 1. The molecule has 216 valence electrons. The average Bonchev–Trinajstić information content (AvgIpc) is 3.56. The lowest BCUT2D eigenvalue weighted by Crippen LogP contribution is -2.30. The largest absolute Gasteiger partial charge is 0.497 e. The van der Waals surface area contributed by atoms with Crippen LogP contribution in [0.2, 0.25) is 0 Å². The van der Waals surface area contributed by atoms with Crippen molar-refractivity contribution < 1.29 is 48.1 Å². The summed E-state index contributed by atoms with van der Waals surface area (Å²) in [5, 5.41) is 12.2. The Morgan fingerprint density at radius 3 is 2.27 bits per heavy atom. The number of carbonyl (C=O) groups excluding carboxylic acids is 1. The second-order valence-electron chi connectivity index (χ2n) is 9.40. The quantitative estimate of drug-likeness (QED) is 0.223. The maximum Gasteiger partial charge on any atom is 0.345 e. The number of rotatable bonds is 13. The average molecular weight is 558 g/mol. The molecule has 2 aliphatic rings. The van der Waals surface area contributed by atoms with E-state index in [4.69, 9.17) is 38.2 Å². The molecule has 11 nitrogen and oxygen atoms in total. The Morgan fingerprint density at radius 2 is 1.70 bits per heavy atom. The van der Waals surface area contributed by atoms with Gasteiger partial charge in [-0.1, -0.05) is 0 Å². The fraction of sp³-hybridized carbons (Fsp3) is 0.414. The highest BCUT2D eigenvalue weighted by Crippen LogP contribution is 2.48. The fourth-order valence-corrected chi connectivity index (χ4v) is 4.63. The van der Waals surface area contributed by atoms with E-state index in [9.17, 15) is 9.90 Å². The Hall–Kier alpha value is -3.93. The van der Waals surface area contributed by atoms with E-state index >= 15 is 0 Å². The molecule has 0 aliphatic carbocycles. The second-order valence-corrected chi connectivity index (χ2v) is 9.40. The van der Waals surface area contributed by atoms with Crippen molar-refractivity contribution in [3.63, 3.8) is 0 Å². The van der Waals surface area contributed by atoms with E-state index in [0.717, 1.165) is 13.0 Å². The Balaban J connectivity index is 1.83. The zero-order valence-corrected chi connectivity index (χ0v) is 23.6. The normalized spacial score (nSPS) is 18.4. The molecular formula is C29H35NO10. The molecule has 40 heavy (non-hydrogen) atoms. The highest BCUT2D eigenvalue weighted by molar-refractivity contribution is 5.97. The predicted octanol–water partition coefficient (Wildman–Crippen LogP) is 3.14. The summed E-state index contributed by atoms with van der Waals surface area (Å²) in [5.74, 6) is -0.719. The number of benzene rings is 2. The number of cyclic esters (lactones) is 1. The van der Waals surface area contributed by atoms with Crippen molar-refractivity contribution in [3.8, 4) is 28.7 Å². The van der Waals surface area contributed by atoms with Gasteiger partial charge in [-0.3, -0.25) is 0 Å². The van der Waals surface area contributed by atoms with E-state index in [1.807, 2.05) is 19.0 Å². The van der Waals surface area contributed by atoms with Crippen molar-refractivity contribution in [1.29, 1.82) is 0 Å². The number of esters is 1. The summed E-state index contributed by atoms with van der Waals surface area (Å²) in [6.45, 7) is 1.31. The Morgan fingerprint density at radius 1 is 0.975 bits per heavy atom. The van der Waals surface area contributed by atoms with E-state index in [-0.39, 0.29) is 35.5 Å². The van der Waals surface area contributed by atoms with Gasteiger partial charge in [-0.05, 0) is 56.4 Å². The summed E-state index contributed by atoms with van der Waals surface area (Å²) >= 11 is 0. The summed E-state index contributed by atoms with van der Waals surface area (Å²) in [4.78, 5) is 25.6. The molecule has 2 aromatic rings. The van der Waals surface area contributed by atoms with Crippen LogP contribution in [0.5, 0.6) is 28.7 Å². The Bertz CT molecular complexity index is 1280. The molecule has 0 amide bonds. The molecule has 0 bridgehead atoms. The Labute approximate surface area is 233 Å². The van der Waals surface area contributed by atoms with Gasteiger partial charge in [-0.15, -0.1) is 0 Å². The van der Waals surface area contributed by atoms with Gasteiger partial charge >= 0.3 is 5.97 Å². The lowest BCUT2D eigenvalue weighted by atomic mass is 9.89. The predicted molar refractivity (Wildman–Crippen MR) is 144 cm³/mol. The number of ether oxygens (including phenoxy) is 6. The van der Waals surface area contributed by atoms with Gasteiger partial charge in [0, 0.05) is 24.6 Å². The molecule has 0 radical (unpaired) electrons. The molecule has 1 N–H and O–H groups in total. The van der Waals surface area contributed by atoms with Gasteiger partial charge in [0.25, 0.3) is 5.79 Å². The zero-order chi connectivity index (χ0) is 28.9. The van der Waals surface area contributed by atoms with Crippen molar-refractivity contribution in [1.82, 2.24) is 4.90 Å². The number of aliphatic hydroxyl groups is 1. The van der Waals surface area contributed by atoms with E-state index in [2.05, 4.69) is 0 Å². The molecule has 4 rings (SSSR count). The fourth-order valence-electron chi connectivity index (χ4n) is 4.63. The van der Waals surface area contributed by atoms with Gasteiger partial charge in [0.05, 0.1) is 40.6 Å². The number of hydrogen-bond acceptors (Lipinski definition) is 11. The summed E-state index contributed by atoms with van der Waals surface area (Å²) in [7, 11) is 10.0. The highest BCUT2D eigenvalue weighted by Gasteiger charge is 2.51. The molecule has 2 aromatic carbocycles. The van der Waals surface area contributed by atoms with Gasteiger partial charge in [0.1, 0.15) is 23.7 Å². The molecule has 0 aromatic heterocycles. The molecule has 1 atom stereocenters. The summed E-state index contributed by atoms with van der Waals surface area (Å²) in [6.07, 6.45) is 2.39. The maximum atomic E-state index is 13.3. The van der Waals surface area contributed by atoms with Crippen molar-refractivity contribution in [2.24, 2.45) is 0 Å². The standard InChI is InChI=1S/C29H35NO10/c1-30(2)11-7-12-37-23-17-19(33-3)8-9-20(23)29(32)21(26(28(31)39-29)22-10-13-38-40-22)14-18-15-24(34-4)27(36-6)25(16-18)35-5/h8-10,15-17,32H,7,11-14H2,1-6H3. The van der Waals surface area contributed by atoms with Crippen molar-refractivity contribution in [3.05, 3.63) is 64.4 Å². The van der Waals surface area contributed by atoms with Crippen molar-refractivity contribution in [2.75, 3.05) is 62.3 Å². The van der Waals surface area contributed by atoms with Gasteiger partial charge < -0.3 is 43.3 Å². The molecule has 0 saturated carbocycles. The van der Waals surface area contributed by atoms with Crippen LogP contribution in [0.1, 0.15) is 17.5 Å². The first-order valence-electron chi connectivity index (χ1n) is 12.7. The van der Waals surface area contributed by atoms with Crippen LogP contribution in [0, 0.1) is 0 Å². The highest BCUT2D eigenvalue weighted by atomic mass is 17.2. The lowest BCUT2D eigenvalue weighted by molar-refractivity contribution is -0.231. The maximum absolute atomic E-state index is 13.3. The van der Waals surface area contributed by atoms with Crippen LogP contribution in [0.15, 0.2) is 53.3 Å². The number of methoxy groups -OCH3 is 4. The third-order valence-corrected chi connectivity index (χ3v) is 6.55. The molecule has 11 heteroatoms. The SMILES string of the molecule is COc1ccc(C2(O)OC(=O)C(C3=CCOO3)=C2Cc2cc(OC)c(OC)c(OC)c2)c(OCCCN(C)C)c1. The first kappa shape index (κ1) is 29.1. The van der Waals surface area contributed by atoms with Crippen LogP contribution < -0.4 is 23.7 Å². The third kappa shape index (κ3) is 5.81. The van der Waals surface area contributed by atoms with Gasteiger partial charge in [-0.25, -0.2) is 4.79 Å². The van der Waals surface area contributed by atoms with E-state index in [1.54, 1.807) is 36.4 Å². The molecule has 0 fully saturated rings. The topological polar surface area (TPSA) is 114 Å². The van der Waals surface area contributed by atoms with Crippen molar-refractivity contribution >= 4 is 5.97 Å². The minimum Gasteiger partial charge on any atom is -0.497 e. The molecule has 0 spiro atoms. The zero-order valence-electron chi connectivity index (χ0n) is 23.6. The molecule has 1 unspecified atom stereocenters. The molecular weight excluding hydrogens is 522 g/mol. The van der Waals surface area contributed by atoms with E-state index in [1.165, 1.54) is 28.4 Å². The second kappa shape index (κ2) is 12.5. The van der Waals surface area contributed by atoms with Gasteiger partial charge in [0.15, 0.2) is 17.3 Å². The third-order valence-electron chi connectivity index (χ3n) is 6.55. The van der Waals surface area contributed by atoms with Crippen LogP contribution in [0.25, 0.3) is 0 Å². The van der Waals surface area contributed by atoms with Crippen LogP contribution >= 0.6 is 0 Å². The van der Waals surface area contributed by atoms with Gasteiger partial charge in [0.2, 0.25) is 5.75 Å². The summed E-state index contributed by atoms with van der Waals surface area (Å²) < 4.78 is 33.7. The van der Waals surface area contributed by atoms with Crippen LogP contribution in [-0.2, 0) is 31.5 Å². The first-order valence-corrected chi connectivity index (χ1v) is 12.7. The summed E-state index contributed by atoms with van der Waals surface area (Å²) in [6, 6.07) is 8.41. The lowest BCUT2D eigenvalue weighted by Gasteiger charge is -2.28. The van der Waals surface area contributed by atoms with Crippen LogP contribution in [-0.4, -0.2) is 78.3 Å². The smallest absolute Gasteiger partial charge is 0.345 e. The van der Waals surface area contributed by atoms with E-state index < -0.39 is 11.8 Å². The summed E-state index contributed by atoms with van der Waals surface area (Å²) in [5.41, 5.74) is 1.18. The monoisotopic (exact) mass is 557 g/mol. The molecule has 2 heterocycles. The van der Waals surface area contributed by atoms with Crippen molar-refractivity contribution in [2.45, 2.75) is 18.6 Å². The molecule has 2 aliphatic heterocycles. The number of carbonyl (C=O) groups is 1. The first-order chi connectivity index (χ1) is 19.2. The number of hydrogen-bond donors (Lipinski definition) is 1. The minimum atomic E-state index is -2.19. The Kier molecular flexibility index (Phi) is 9.08. The van der Waals surface area contributed by atoms with Crippen LogP contribution in [0.3, 0.4) is 0 Å². The van der Waals surface area contributed by atoms with Gasteiger partial charge in [-0.2, -0.15) is 4.89 Å². The van der Waals surface area contributed by atoms with E-state index in [0.29, 0.717) is 40.9 Å².